The van der Waals surface area contributed by atoms with Gasteiger partial charge in [-0.15, -0.1) is 0 Å². The summed E-state index contributed by atoms with van der Waals surface area (Å²) in [5.74, 6) is 1.60. The number of fused-ring (bicyclic) bond motifs is 5. The molecule has 1 heterocycles. The Kier molecular flexibility index (Phi) is 1.65. The maximum absolute atomic E-state index is 4.39. The van der Waals surface area contributed by atoms with Crippen molar-refractivity contribution in [2.75, 3.05) is 13.6 Å². The Hall–Kier alpha value is -0.300. The van der Waals surface area contributed by atoms with Gasteiger partial charge in [0.15, 0.2) is 0 Å². The van der Waals surface area contributed by atoms with Crippen LogP contribution in [0, 0.1) is 22.7 Å². The fourth-order valence-electron chi connectivity index (χ4n) is 5.29. The van der Waals surface area contributed by atoms with Crippen molar-refractivity contribution in [3.63, 3.8) is 0 Å². The highest BCUT2D eigenvalue weighted by molar-refractivity contribution is 5.33. The third-order valence-electron chi connectivity index (χ3n) is 6.47. The van der Waals surface area contributed by atoms with E-state index >= 15 is 0 Å². The van der Waals surface area contributed by atoms with Gasteiger partial charge in [-0.1, -0.05) is 26.0 Å². The number of allylic oxidation sites excluding steroid dienone is 1. The van der Waals surface area contributed by atoms with Crippen LogP contribution in [0.2, 0.25) is 0 Å². The lowest BCUT2D eigenvalue weighted by molar-refractivity contribution is 0.0365. The normalized spacial score (nSPS) is 58.9. The molecule has 3 aliphatic rings. The second-order valence-corrected chi connectivity index (χ2v) is 6.55. The number of hydrogen-bond donors (Lipinski definition) is 0. The first-order valence-corrected chi connectivity index (χ1v) is 6.32. The van der Waals surface area contributed by atoms with E-state index in [0.29, 0.717) is 10.8 Å². The molecule has 1 heteroatoms. The smallest absolute Gasteiger partial charge is 0.0130 e. The quantitative estimate of drug-likeness (QED) is 0.550. The highest BCUT2D eigenvalue weighted by Crippen LogP contribution is 2.72. The molecule has 3 rings (SSSR count). The predicted octanol–water partition coefficient (Wildman–Crippen LogP) is 2.93. The van der Waals surface area contributed by atoms with Gasteiger partial charge in [-0.2, -0.15) is 0 Å². The number of likely N-dealkylation sites (tertiary alicyclic amines) is 1. The van der Waals surface area contributed by atoms with Crippen LogP contribution in [-0.2, 0) is 0 Å². The van der Waals surface area contributed by atoms with Crippen molar-refractivity contribution in [1.29, 1.82) is 0 Å². The Bertz CT molecular complexity index is 334. The van der Waals surface area contributed by atoms with Crippen LogP contribution in [0.25, 0.3) is 0 Å². The Morgan fingerprint density at radius 3 is 2.47 bits per heavy atom. The Morgan fingerprint density at radius 1 is 1.27 bits per heavy atom. The maximum atomic E-state index is 4.39. The van der Waals surface area contributed by atoms with Crippen LogP contribution in [-0.4, -0.2) is 24.5 Å². The van der Waals surface area contributed by atoms with Gasteiger partial charge in [0.2, 0.25) is 0 Å². The van der Waals surface area contributed by atoms with E-state index < -0.39 is 0 Å². The second-order valence-electron chi connectivity index (χ2n) is 6.55. The van der Waals surface area contributed by atoms with Crippen LogP contribution in [0.3, 0.4) is 0 Å². The molecule has 0 spiro atoms. The van der Waals surface area contributed by atoms with Gasteiger partial charge in [0.1, 0.15) is 0 Å². The molecular weight excluding hydrogens is 182 g/mol. The van der Waals surface area contributed by atoms with Crippen molar-refractivity contribution >= 4 is 0 Å². The molecule has 0 aromatic heterocycles. The standard InChI is InChI=1S/C14H23N/c1-9-11-6-7-12(9)14(4)10(2)15(5)8-13(11,14)3/h10-12H,1,6-8H2,2-5H3/t10-,11?,12?,13-,14+/m1/s1. The molecule has 2 bridgehead atoms. The zero-order chi connectivity index (χ0) is 11.0. The SMILES string of the molecule is C=C1C2CCC1[C@]1(C)[C@@H](C)N(C)C[C@]21C. The lowest BCUT2D eigenvalue weighted by Crippen LogP contribution is -2.44. The van der Waals surface area contributed by atoms with Gasteiger partial charge in [-0.05, 0) is 49.5 Å². The van der Waals surface area contributed by atoms with Crippen LogP contribution in [0.15, 0.2) is 12.2 Å². The molecule has 1 aliphatic heterocycles. The lowest BCUT2D eigenvalue weighted by Gasteiger charge is -2.45. The summed E-state index contributed by atoms with van der Waals surface area (Å²) in [4.78, 5) is 2.57. The summed E-state index contributed by atoms with van der Waals surface area (Å²) in [7, 11) is 2.29. The van der Waals surface area contributed by atoms with Crippen LogP contribution in [0.1, 0.15) is 33.6 Å². The van der Waals surface area contributed by atoms with Gasteiger partial charge in [0, 0.05) is 12.6 Å². The Balaban J connectivity index is 2.15. The van der Waals surface area contributed by atoms with Gasteiger partial charge in [-0.25, -0.2) is 0 Å². The van der Waals surface area contributed by atoms with E-state index in [1.54, 1.807) is 5.57 Å². The summed E-state index contributed by atoms with van der Waals surface area (Å²) >= 11 is 0. The molecule has 0 amide bonds. The van der Waals surface area contributed by atoms with Crippen molar-refractivity contribution in [2.24, 2.45) is 22.7 Å². The molecule has 3 fully saturated rings. The predicted molar refractivity (Wildman–Crippen MR) is 63.7 cm³/mol. The molecule has 0 N–H and O–H groups in total. The third-order valence-corrected chi connectivity index (χ3v) is 6.47. The van der Waals surface area contributed by atoms with E-state index in [0.717, 1.165) is 17.9 Å². The van der Waals surface area contributed by atoms with Crippen molar-refractivity contribution in [3.8, 4) is 0 Å². The number of nitrogens with zero attached hydrogens (tertiary/aromatic N) is 1. The second kappa shape index (κ2) is 2.51. The van der Waals surface area contributed by atoms with Crippen LogP contribution in [0.5, 0.6) is 0 Å². The molecule has 2 saturated carbocycles. The van der Waals surface area contributed by atoms with E-state index in [4.69, 9.17) is 0 Å². The van der Waals surface area contributed by atoms with E-state index in [1.807, 2.05) is 0 Å². The lowest BCUT2D eigenvalue weighted by atomic mass is 9.57. The van der Waals surface area contributed by atoms with Crippen molar-refractivity contribution in [2.45, 2.75) is 39.7 Å². The monoisotopic (exact) mass is 205 g/mol. The van der Waals surface area contributed by atoms with E-state index in [9.17, 15) is 0 Å². The fraction of sp³-hybridized carbons (Fsp3) is 0.857. The van der Waals surface area contributed by atoms with Crippen molar-refractivity contribution in [1.82, 2.24) is 4.90 Å². The first-order chi connectivity index (χ1) is 6.93. The summed E-state index contributed by atoms with van der Waals surface area (Å²) in [5, 5.41) is 0. The van der Waals surface area contributed by atoms with Crippen LogP contribution in [0.4, 0.5) is 0 Å². The molecule has 84 valence electrons. The zero-order valence-corrected chi connectivity index (χ0v) is 10.5. The highest BCUT2D eigenvalue weighted by atomic mass is 15.2. The molecule has 5 atom stereocenters. The highest BCUT2D eigenvalue weighted by Gasteiger charge is 2.69. The Labute approximate surface area is 93.5 Å². The first kappa shape index (κ1) is 9.89. The third kappa shape index (κ3) is 0.791. The van der Waals surface area contributed by atoms with Gasteiger partial charge < -0.3 is 4.90 Å². The first-order valence-electron chi connectivity index (χ1n) is 6.32. The summed E-state index contributed by atoms with van der Waals surface area (Å²) in [6, 6.07) is 0.717. The number of rotatable bonds is 0. The van der Waals surface area contributed by atoms with Gasteiger partial charge >= 0.3 is 0 Å². The summed E-state index contributed by atoms with van der Waals surface area (Å²) in [5.41, 5.74) is 2.57. The summed E-state index contributed by atoms with van der Waals surface area (Å²) < 4.78 is 0. The Morgan fingerprint density at radius 2 is 1.87 bits per heavy atom. The van der Waals surface area contributed by atoms with Crippen LogP contribution >= 0.6 is 0 Å². The minimum atomic E-state index is 0.488. The van der Waals surface area contributed by atoms with Crippen LogP contribution < -0.4 is 0 Å². The van der Waals surface area contributed by atoms with Gasteiger partial charge in [0.05, 0.1) is 0 Å². The number of hydrogen-bond acceptors (Lipinski definition) is 1. The topological polar surface area (TPSA) is 3.24 Å². The molecule has 0 radical (unpaired) electrons. The molecule has 1 saturated heterocycles. The molecule has 15 heavy (non-hydrogen) atoms. The van der Waals surface area contributed by atoms with E-state index in [2.05, 4.69) is 39.3 Å². The van der Waals surface area contributed by atoms with E-state index in [1.165, 1.54) is 19.4 Å². The van der Waals surface area contributed by atoms with Crippen molar-refractivity contribution in [3.05, 3.63) is 12.2 Å². The summed E-state index contributed by atoms with van der Waals surface area (Å²) in [6.45, 7) is 13.1. The van der Waals surface area contributed by atoms with Gasteiger partial charge in [0.25, 0.3) is 0 Å². The zero-order valence-electron chi connectivity index (χ0n) is 10.5. The molecule has 2 aliphatic carbocycles. The van der Waals surface area contributed by atoms with E-state index in [-0.39, 0.29) is 0 Å². The average molecular weight is 205 g/mol. The fourth-order valence-corrected chi connectivity index (χ4v) is 5.29. The van der Waals surface area contributed by atoms with Crippen molar-refractivity contribution < 1.29 is 0 Å². The maximum Gasteiger partial charge on any atom is 0.0130 e. The molecule has 1 nitrogen and oxygen atoms in total. The average Bonchev–Trinajstić information content (AvgIpc) is 2.67. The molecule has 2 unspecified atom stereocenters. The summed E-state index contributed by atoms with van der Waals surface area (Å²) in [6.07, 6.45) is 2.80. The molecular formula is C14H23N. The van der Waals surface area contributed by atoms with Gasteiger partial charge in [-0.3, -0.25) is 0 Å². The minimum Gasteiger partial charge on any atom is -0.303 e. The minimum absolute atomic E-state index is 0.488. The molecule has 0 aromatic carbocycles. The molecule has 0 aromatic rings. The largest absolute Gasteiger partial charge is 0.303 e.